The first-order valence-corrected chi connectivity index (χ1v) is 10.2. The summed E-state index contributed by atoms with van der Waals surface area (Å²) in [5, 5.41) is 17.4. The lowest BCUT2D eigenvalue weighted by Gasteiger charge is -2.09. The predicted octanol–water partition coefficient (Wildman–Crippen LogP) is 2.48. The van der Waals surface area contributed by atoms with Gasteiger partial charge in [0.1, 0.15) is 17.5 Å². The molecule has 0 aliphatic carbocycles. The van der Waals surface area contributed by atoms with Crippen LogP contribution in [0.3, 0.4) is 0 Å². The number of nitrogens with two attached hydrogens (primary N) is 1. The predicted molar refractivity (Wildman–Crippen MR) is 106 cm³/mol. The van der Waals surface area contributed by atoms with Crippen LogP contribution >= 0.6 is 0 Å². The number of rotatable bonds is 5. The molecule has 144 valence electrons. The maximum Gasteiger partial charge on any atom is 0.274 e. The van der Waals surface area contributed by atoms with Crippen molar-refractivity contribution in [2.24, 2.45) is 10.1 Å². The summed E-state index contributed by atoms with van der Waals surface area (Å²) < 4.78 is 24.5. The van der Waals surface area contributed by atoms with Gasteiger partial charge in [-0.2, -0.15) is 5.26 Å². The van der Waals surface area contributed by atoms with Gasteiger partial charge in [-0.3, -0.25) is 9.79 Å². The van der Waals surface area contributed by atoms with Crippen molar-refractivity contribution in [1.82, 2.24) is 4.57 Å². The molecule has 28 heavy (non-hydrogen) atoms. The average Bonchev–Trinajstić information content (AvgIpc) is 3.21. The van der Waals surface area contributed by atoms with Gasteiger partial charge < -0.3 is 9.88 Å². The highest BCUT2D eigenvalue weighted by Crippen LogP contribution is 2.35. The molecule has 1 aromatic heterocycles. The number of sulfonamides is 1. The maximum absolute atomic E-state index is 13.0. The number of amides is 1. The molecule has 0 saturated heterocycles. The van der Waals surface area contributed by atoms with E-state index in [2.05, 4.69) is 16.4 Å². The zero-order chi connectivity index (χ0) is 20.3. The highest BCUT2D eigenvalue weighted by molar-refractivity contribution is 7.89. The number of carbonyl (C=O) groups is 1. The lowest BCUT2D eigenvalue weighted by Crippen LogP contribution is -2.17. The van der Waals surface area contributed by atoms with E-state index in [1.54, 1.807) is 18.4 Å². The van der Waals surface area contributed by atoms with Crippen molar-refractivity contribution in [2.75, 3.05) is 5.32 Å². The SMILES string of the molecule is C/C=C/C=Nc1c(C#N)c2n(c1C(=O)Nc1ccc(S(N)(=O)=O)cc1)CCC2. The molecular formula is C19H19N5O3S. The smallest absolute Gasteiger partial charge is 0.274 e. The molecule has 1 aromatic carbocycles. The summed E-state index contributed by atoms with van der Waals surface area (Å²) in [6, 6.07) is 7.72. The van der Waals surface area contributed by atoms with Crippen molar-refractivity contribution in [2.45, 2.75) is 31.2 Å². The van der Waals surface area contributed by atoms with Crippen LogP contribution in [0.2, 0.25) is 0 Å². The number of aromatic nitrogens is 1. The molecule has 0 fully saturated rings. The Balaban J connectivity index is 1.98. The molecule has 0 atom stereocenters. The van der Waals surface area contributed by atoms with E-state index >= 15 is 0 Å². The van der Waals surface area contributed by atoms with Crippen molar-refractivity contribution < 1.29 is 13.2 Å². The maximum atomic E-state index is 13.0. The zero-order valence-electron chi connectivity index (χ0n) is 15.2. The van der Waals surface area contributed by atoms with Crippen LogP contribution in [0.15, 0.2) is 46.3 Å². The fourth-order valence-electron chi connectivity index (χ4n) is 3.16. The van der Waals surface area contributed by atoms with Gasteiger partial charge in [0, 0.05) is 24.1 Å². The van der Waals surface area contributed by atoms with E-state index in [0.29, 0.717) is 35.6 Å². The molecule has 3 N–H and O–H groups in total. The van der Waals surface area contributed by atoms with Crippen molar-refractivity contribution in [1.29, 1.82) is 5.26 Å². The van der Waals surface area contributed by atoms with Crippen molar-refractivity contribution in [3.8, 4) is 6.07 Å². The van der Waals surface area contributed by atoms with Crippen molar-refractivity contribution in [3.05, 3.63) is 53.4 Å². The third-order valence-electron chi connectivity index (χ3n) is 4.39. The van der Waals surface area contributed by atoms with E-state index in [1.807, 2.05) is 11.5 Å². The fraction of sp³-hybridized carbons (Fsp3) is 0.211. The minimum Gasteiger partial charge on any atom is -0.337 e. The van der Waals surface area contributed by atoms with E-state index in [-0.39, 0.29) is 4.90 Å². The number of anilines is 1. The Hall–Kier alpha value is -3.22. The van der Waals surface area contributed by atoms with Crippen LogP contribution in [0.5, 0.6) is 0 Å². The van der Waals surface area contributed by atoms with Crippen LogP contribution in [-0.4, -0.2) is 25.1 Å². The Morgan fingerprint density at radius 3 is 2.68 bits per heavy atom. The molecule has 0 radical (unpaired) electrons. The number of nitrogens with zero attached hydrogens (tertiary/aromatic N) is 3. The van der Waals surface area contributed by atoms with Crippen molar-refractivity contribution >= 4 is 33.5 Å². The van der Waals surface area contributed by atoms with Gasteiger partial charge in [-0.15, -0.1) is 0 Å². The van der Waals surface area contributed by atoms with Gasteiger partial charge in [-0.05, 0) is 50.1 Å². The molecule has 8 nitrogen and oxygen atoms in total. The molecule has 0 unspecified atom stereocenters. The molecule has 0 bridgehead atoms. The molecule has 1 aliphatic heterocycles. The Morgan fingerprint density at radius 2 is 2.07 bits per heavy atom. The Labute approximate surface area is 163 Å². The van der Waals surface area contributed by atoms with Crippen LogP contribution in [0.1, 0.15) is 35.1 Å². The van der Waals surface area contributed by atoms with Crippen LogP contribution in [-0.2, 0) is 23.0 Å². The first-order chi connectivity index (χ1) is 13.4. The van der Waals surface area contributed by atoms with Gasteiger partial charge in [0.15, 0.2) is 0 Å². The Morgan fingerprint density at radius 1 is 1.36 bits per heavy atom. The summed E-state index contributed by atoms with van der Waals surface area (Å²) in [6.45, 7) is 2.48. The molecule has 2 aromatic rings. The number of aliphatic imine (C=N–C) groups is 1. The van der Waals surface area contributed by atoms with Crippen molar-refractivity contribution in [3.63, 3.8) is 0 Å². The number of primary sulfonamides is 1. The summed E-state index contributed by atoms with van der Waals surface area (Å²) in [5.74, 6) is -0.416. The van der Waals surface area contributed by atoms with Gasteiger partial charge in [0.05, 0.1) is 10.5 Å². The van der Waals surface area contributed by atoms with Gasteiger partial charge in [0.25, 0.3) is 5.91 Å². The van der Waals surface area contributed by atoms with E-state index in [1.165, 1.54) is 24.3 Å². The molecular weight excluding hydrogens is 378 g/mol. The molecule has 0 spiro atoms. The molecule has 1 aliphatic rings. The van der Waals surface area contributed by atoms with Gasteiger partial charge in [0.2, 0.25) is 10.0 Å². The Kier molecular flexibility index (Phi) is 5.44. The number of allylic oxidation sites excluding steroid dienone is 2. The number of nitrogens with one attached hydrogen (secondary N) is 1. The van der Waals surface area contributed by atoms with Gasteiger partial charge in [-0.1, -0.05) is 6.08 Å². The van der Waals surface area contributed by atoms with E-state index < -0.39 is 15.9 Å². The average molecular weight is 397 g/mol. The lowest BCUT2D eigenvalue weighted by molar-refractivity contribution is 0.101. The number of fused-ring (bicyclic) bond motifs is 1. The third-order valence-corrected chi connectivity index (χ3v) is 5.32. The quantitative estimate of drug-likeness (QED) is 0.750. The second-order valence-electron chi connectivity index (χ2n) is 6.21. The van der Waals surface area contributed by atoms with Gasteiger partial charge >= 0.3 is 0 Å². The molecule has 1 amide bonds. The molecule has 2 heterocycles. The standard InChI is InChI=1S/C19H19N5O3S/c1-2-3-10-22-17-15(12-20)16-5-4-11-24(16)18(17)19(25)23-13-6-8-14(9-7-13)28(21,26)27/h2-3,6-10H,4-5,11H2,1H3,(H,23,25)(H2,21,26,27)/b3-2+,22-10?. The fourth-order valence-corrected chi connectivity index (χ4v) is 3.67. The summed E-state index contributed by atoms with van der Waals surface area (Å²) in [5.41, 5.74) is 2.29. The second kappa shape index (κ2) is 7.80. The highest BCUT2D eigenvalue weighted by atomic mass is 32.2. The summed E-state index contributed by atoms with van der Waals surface area (Å²) in [4.78, 5) is 17.2. The van der Waals surface area contributed by atoms with E-state index in [9.17, 15) is 18.5 Å². The van der Waals surface area contributed by atoms with Crippen LogP contribution in [0.4, 0.5) is 11.4 Å². The normalized spacial score (nSPS) is 13.8. The van der Waals surface area contributed by atoms with E-state index in [4.69, 9.17) is 5.14 Å². The highest BCUT2D eigenvalue weighted by Gasteiger charge is 2.29. The van der Waals surface area contributed by atoms with E-state index in [0.717, 1.165) is 12.1 Å². The van der Waals surface area contributed by atoms with Crippen LogP contribution in [0.25, 0.3) is 0 Å². The topological polar surface area (TPSA) is 130 Å². The first-order valence-electron chi connectivity index (χ1n) is 8.62. The monoisotopic (exact) mass is 397 g/mol. The van der Waals surface area contributed by atoms with Crippen LogP contribution in [0, 0.1) is 11.3 Å². The minimum absolute atomic E-state index is 0.0440. The number of hydrogen-bond acceptors (Lipinski definition) is 5. The third kappa shape index (κ3) is 3.74. The number of benzene rings is 1. The second-order valence-corrected chi connectivity index (χ2v) is 7.77. The lowest BCUT2D eigenvalue weighted by atomic mass is 10.1. The summed E-state index contributed by atoms with van der Waals surface area (Å²) in [7, 11) is -3.81. The zero-order valence-corrected chi connectivity index (χ0v) is 16.0. The Bertz CT molecular complexity index is 1120. The summed E-state index contributed by atoms with van der Waals surface area (Å²) in [6.07, 6.45) is 6.63. The molecule has 0 saturated carbocycles. The molecule has 9 heteroatoms. The van der Waals surface area contributed by atoms with Gasteiger partial charge in [-0.25, -0.2) is 13.6 Å². The number of hydrogen-bond donors (Lipinski definition) is 2. The van der Waals surface area contributed by atoms with Crippen LogP contribution < -0.4 is 10.5 Å². The number of nitriles is 1. The summed E-state index contributed by atoms with van der Waals surface area (Å²) >= 11 is 0. The minimum atomic E-state index is -3.81. The molecule has 3 rings (SSSR count). The number of carbonyl (C=O) groups excluding carboxylic acids is 1. The first kappa shape index (κ1) is 19.5. The largest absolute Gasteiger partial charge is 0.337 e.